The molecule has 0 bridgehead atoms. The highest BCUT2D eigenvalue weighted by atomic mass is 15.4. The standard InChI is InChI=1S/C25H22N10/c1-3-8-18(9-4-1)24-30-28-22-14-12-20(32-34(22)24)26-16-7-17-27-21-13-15-23-29-31-25(35(23)33-21)19-10-5-2-6-11-19/h1-6,8-15H,7,16-17H2,(H,26,32)(H,27,33). The summed E-state index contributed by atoms with van der Waals surface area (Å²) in [6, 6.07) is 27.5. The van der Waals surface area contributed by atoms with Crippen LogP contribution in [0.2, 0.25) is 0 Å². The first-order valence-electron chi connectivity index (χ1n) is 11.4. The molecule has 0 aliphatic carbocycles. The average molecular weight is 463 g/mol. The number of nitrogens with one attached hydrogen (secondary N) is 2. The zero-order chi connectivity index (χ0) is 23.5. The minimum Gasteiger partial charge on any atom is -0.369 e. The lowest BCUT2D eigenvalue weighted by atomic mass is 10.2. The SMILES string of the molecule is c1ccc(-c2nnc3ccc(NCCCNc4ccc5nnc(-c6ccccc6)n5n4)nn23)cc1. The molecule has 0 unspecified atom stereocenters. The predicted molar refractivity (Wildman–Crippen MR) is 134 cm³/mol. The molecule has 2 N–H and O–H groups in total. The van der Waals surface area contributed by atoms with Crippen molar-refractivity contribution in [3.05, 3.63) is 84.9 Å². The molecule has 2 aromatic carbocycles. The van der Waals surface area contributed by atoms with Crippen LogP contribution in [-0.4, -0.2) is 52.7 Å². The minimum atomic E-state index is 0.710. The molecular formula is C25H22N10. The molecular weight excluding hydrogens is 440 g/mol. The Labute approximate surface area is 200 Å². The van der Waals surface area contributed by atoms with E-state index in [9.17, 15) is 0 Å². The number of anilines is 2. The van der Waals surface area contributed by atoms with Gasteiger partial charge in [0.25, 0.3) is 0 Å². The Kier molecular flexibility index (Phi) is 5.44. The molecule has 0 aliphatic rings. The lowest BCUT2D eigenvalue weighted by Crippen LogP contribution is -2.12. The summed E-state index contributed by atoms with van der Waals surface area (Å²) in [6.45, 7) is 1.50. The molecule has 35 heavy (non-hydrogen) atoms. The van der Waals surface area contributed by atoms with Crippen molar-refractivity contribution in [2.75, 3.05) is 23.7 Å². The minimum absolute atomic E-state index is 0.710. The molecule has 10 heteroatoms. The van der Waals surface area contributed by atoms with Crippen LogP contribution in [0.3, 0.4) is 0 Å². The lowest BCUT2D eigenvalue weighted by molar-refractivity contribution is 0.863. The number of hydrogen-bond donors (Lipinski definition) is 2. The molecule has 172 valence electrons. The summed E-state index contributed by atoms with van der Waals surface area (Å²) in [7, 11) is 0. The highest BCUT2D eigenvalue weighted by molar-refractivity contribution is 5.60. The van der Waals surface area contributed by atoms with Gasteiger partial charge >= 0.3 is 0 Å². The van der Waals surface area contributed by atoms with Crippen molar-refractivity contribution in [3.8, 4) is 22.8 Å². The normalized spacial score (nSPS) is 11.2. The molecule has 6 rings (SSSR count). The maximum atomic E-state index is 4.66. The number of fused-ring (bicyclic) bond motifs is 2. The second-order valence-electron chi connectivity index (χ2n) is 7.96. The maximum Gasteiger partial charge on any atom is 0.185 e. The van der Waals surface area contributed by atoms with Gasteiger partial charge in [0.2, 0.25) is 0 Å². The van der Waals surface area contributed by atoms with Gasteiger partial charge in [-0.3, -0.25) is 0 Å². The zero-order valence-corrected chi connectivity index (χ0v) is 18.8. The van der Waals surface area contributed by atoms with E-state index in [0.29, 0.717) is 11.3 Å². The summed E-state index contributed by atoms with van der Waals surface area (Å²) < 4.78 is 3.52. The highest BCUT2D eigenvalue weighted by Crippen LogP contribution is 2.19. The molecule has 0 spiro atoms. The monoisotopic (exact) mass is 462 g/mol. The van der Waals surface area contributed by atoms with E-state index in [1.165, 1.54) is 0 Å². The van der Waals surface area contributed by atoms with Crippen LogP contribution in [0.1, 0.15) is 6.42 Å². The van der Waals surface area contributed by atoms with E-state index in [2.05, 4.69) is 41.2 Å². The quantitative estimate of drug-likeness (QED) is 0.329. The fraction of sp³-hybridized carbons (Fsp3) is 0.120. The molecule has 6 aromatic rings. The summed E-state index contributed by atoms with van der Waals surface area (Å²) >= 11 is 0. The fourth-order valence-electron chi connectivity index (χ4n) is 3.82. The van der Waals surface area contributed by atoms with Crippen LogP contribution < -0.4 is 10.6 Å². The van der Waals surface area contributed by atoms with Crippen LogP contribution in [0.5, 0.6) is 0 Å². The van der Waals surface area contributed by atoms with Crippen molar-refractivity contribution < 1.29 is 0 Å². The highest BCUT2D eigenvalue weighted by Gasteiger charge is 2.11. The third-order valence-corrected chi connectivity index (χ3v) is 5.56. The van der Waals surface area contributed by atoms with Crippen molar-refractivity contribution in [1.82, 2.24) is 39.6 Å². The average Bonchev–Trinajstić information content (AvgIpc) is 3.53. The first kappa shape index (κ1) is 20.7. The Balaban J connectivity index is 1.08. The van der Waals surface area contributed by atoms with Crippen molar-refractivity contribution in [2.45, 2.75) is 6.42 Å². The molecule has 0 aliphatic heterocycles. The Bertz CT molecular complexity index is 1450. The van der Waals surface area contributed by atoms with Crippen LogP contribution in [0.15, 0.2) is 84.9 Å². The summed E-state index contributed by atoms with van der Waals surface area (Å²) in [5, 5.41) is 33.1. The van der Waals surface area contributed by atoms with Crippen LogP contribution >= 0.6 is 0 Å². The number of aromatic nitrogens is 8. The summed E-state index contributed by atoms with van der Waals surface area (Å²) in [4.78, 5) is 0. The number of nitrogens with zero attached hydrogens (tertiary/aromatic N) is 8. The fourth-order valence-corrected chi connectivity index (χ4v) is 3.82. The van der Waals surface area contributed by atoms with Crippen LogP contribution in [0, 0.1) is 0 Å². The molecule has 0 atom stereocenters. The summed E-state index contributed by atoms with van der Waals surface area (Å²) in [5.74, 6) is 2.98. The smallest absolute Gasteiger partial charge is 0.185 e. The van der Waals surface area contributed by atoms with Crippen molar-refractivity contribution in [1.29, 1.82) is 0 Å². The van der Waals surface area contributed by atoms with Crippen molar-refractivity contribution >= 4 is 22.9 Å². The second kappa shape index (κ2) is 9.18. The molecule has 0 radical (unpaired) electrons. The van der Waals surface area contributed by atoms with Crippen molar-refractivity contribution in [2.24, 2.45) is 0 Å². The molecule has 0 saturated heterocycles. The van der Waals surface area contributed by atoms with Gasteiger partial charge in [-0.15, -0.1) is 30.6 Å². The van der Waals surface area contributed by atoms with Gasteiger partial charge < -0.3 is 10.6 Å². The predicted octanol–water partition coefficient (Wildman–Crippen LogP) is 3.81. The molecule has 0 fully saturated rings. The van der Waals surface area contributed by atoms with Crippen LogP contribution in [0.4, 0.5) is 11.6 Å². The Hall–Kier alpha value is -4.86. The van der Waals surface area contributed by atoms with Gasteiger partial charge in [0.15, 0.2) is 22.9 Å². The van der Waals surface area contributed by atoms with Crippen LogP contribution in [0.25, 0.3) is 34.1 Å². The van der Waals surface area contributed by atoms with E-state index >= 15 is 0 Å². The molecule has 4 heterocycles. The van der Waals surface area contributed by atoms with Crippen molar-refractivity contribution in [3.63, 3.8) is 0 Å². The lowest BCUT2D eigenvalue weighted by Gasteiger charge is -2.08. The Morgan fingerprint density at radius 3 is 1.43 bits per heavy atom. The largest absolute Gasteiger partial charge is 0.369 e. The number of rotatable bonds is 8. The first-order valence-corrected chi connectivity index (χ1v) is 11.4. The zero-order valence-electron chi connectivity index (χ0n) is 18.8. The molecule has 0 amide bonds. The van der Waals surface area contributed by atoms with E-state index in [1.807, 2.05) is 84.9 Å². The molecule has 4 aromatic heterocycles. The number of hydrogen-bond acceptors (Lipinski definition) is 8. The Morgan fingerprint density at radius 2 is 0.971 bits per heavy atom. The molecule has 0 saturated carbocycles. The topological polar surface area (TPSA) is 110 Å². The van der Waals surface area contributed by atoms with Gasteiger partial charge in [-0.2, -0.15) is 9.03 Å². The van der Waals surface area contributed by atoms with E-state index in [-0.39, 0.29) is 0 Å². The third-order valence-electron chi connectivity index (χ3n) is 5.56. The van der Waals surface area contributed by atoms with Gasteiger partial charge in [-0.1, -0.05) is 60.7 Å². The van der Waals surface area contributed by atoms with E-state index < -0.39 is 0 Å². The van der Waals surface area contributed by atoms with E-state index in [0.717, 1.165) is 53.9 Å². The second-order valence-corrected chi connectivity index (χ2v) is 7.96. The summed E-state index contributed by atoms with van der Waals surface area (Å²) in [6.07, 6.45) is 0.876. The summed E-state index contributed by atoms with van der Waals surface area (Å²) in [5.41, 5.74) is 3.37. The van der Waals surface area contributed by atoms with Crippen LogP contribution in [-0.2, 0) is 0 Å². The third kappa shape index (κ3) is 4.24. The Morgan fingerprint density at radius 1 is 0.514 bits per heavy atom. The van der Waals surface area contributed by atoms with E-state index in [1.54, 1.807) is 9.03 Å². The van der Waals surface area contributed by atoms with Gasteiger partial charge in [-0.25, -0.2) is 0 Å². The van der Waals surface area contributed by atoms with E-state index in [4.69, 9.17) is 0 Å². The van der Waals surface area contributed by atoms with Gasteiger partial charge in [-0.05, 0) is 30.7 Å². The van der Waals surface area contributed by atoms with Gasteiger partial charge in [0.1, 0.15) is 11.6 Å². The van der Waals surface area contributed by atoms with Gasteiger partial charge in [0, 0.05) is 24.2 Å². The molecule has 10 nitrogen and oxygen atoms in total. The number of benzene rings is 2. The first-order chi connectivity index (χ1) is 17.3. The van der Waals surface area contributed by atoms with Gasteiger partial charge in [0.05, 0.1) is 0 Å². The maximum absolute atomic E-state index is 4.66.